The average molecular weight is 519 g/mol. The summed E-state index contributed by atoms with van der Waals surface area (Å²) in [5.74, 6) is -3.14. The van der Waals surface area contributed by atoms with Crippen LogP contribution in [0, 0.1) is 5.82 Å². The van der Waals surface area contributed by atoms with Crippen LogP contribution in [0.3, 0.4) is 0 Å². The van der Waals surface area contributed by atoms with Gasteiger partial charge in [0.25, 0.3) is 11.6 Å². The first kappa shape index (κ1) is 25.1. The number of ether oxygens (including phenoxy) is 3. The molecule has 3 aromatic rings. The zero-order chi connectivity index (χ0) is 25.2. The van der Waals surface area contributed by atoms with Crippen molar-refractivity contribution in [1.82, 2.24) is 19.9 Å². The van der Waals surface area contributed by atoms with Crippen LogP contribution in [0.15, 0.2) is 22.6 Å². The number of carbonyl (C=O) groups is 1. The van der Waals surface area contributed by atoms with Crippen LogP contribution >= 0.6 is 11.6 Å². The van der Waals surface area contributed by atoms with Crippen LogP contribution in [-0.2, 0) is 20.8 Å². The van der Waals surface area contributed by atoms with Crippen LogP contribution in [0.4, 0.5) is 17.6 Å². The summed E-state index contributed by atoms with van der Waals surface area (Å²) in [6.45, 7) is 3.97. The van der Waals surface area contributed by atoms with Gasteiger partial charge in [-0.15, -0.1) is 0 Å². The maximum atomic E-state index is 13.8. The molecule has 0 saturated carbocycles. The second kappa shape index (κ2) is 10.3. The summed E-state index contributed by atoms with van der Waals surface area (Å²) in [5, 5.41) is 0.146. The van der Waals surface area contributed by atoms with Crippen molar-refractivity contribution >= 4 is 28.8 Å². The second-order valence-electron chi connectivity index (χ2n) is 7.49. The van der Waals surface area contributed by atoms with Gasteiger partial charge < -0.3 is 18.6 Å². The van der Waals surface area contributed by atoms with Crippen LogP contribution in [0.5, 0.6) is 5.88 Å². The van der Waals surface area contributed by atoms with Crippen LogP contribution in [0.2, 0.25) is 5.02 Å². The van der Waals surface area contributed by atoms with E-state index < -0.39 is 24.3 Å². The van der Waals surface area contributed by atoms with Gasteiger partial charge in [-0.1, -0.05) is 18.5 Å². The summed E-state index contributed by atoms with van der Waals surface area (Å²) in [7, 11) is 0. The Balaban J connectivity index is 1.72. The van der Waals surface area contributed by atoms with Crippen LogP contribution < -0.4 is 4.74 Å². The van der Waals surface area contributed by atoms with E-state index in [0.29, 0.717) is 26.3 Å². The molecule has 1 aliphatic heterocycles. The smallest absolute Gasteiger partial charge is 0.435 e. The molecule has 3 heterocycles. The number of nitrogens with zero attached hydrogens (tertiary/aromatic N) is 4. The highest BCUT2D eigenvalue weighted by Crippen LogP contribution is 2.33. The number of rotatable bonds is 7. The quantitative estimate of drug-likeness (QED) is 0.259. The van der Waals surface area contributed by atoms with E-state index in [-0.39, 0.29) is 52.4 Å². The summed E-state index contributed by atoms with van der Waals surface area (Å²) in [4.78, 5) is 26.1. The molecule has 9 nitrogen and oxygen atoms in total. The number of halogens is 5. The van der Waals surface area contributed by atoms with Crippen molar-refractivity contribution in [3.05, 3.63) is 34.9 Å². The highest BCUT2D eigenvalue weighted by molar-refractivity contribution is 6.33. The predicted octanol–water partition coefficient (Wildman–Crippen LogP) is 4.13. The number of oxazole rings is 1. The molecule has 35 heavy (non-hydrogen) atoms. The molecule has 1 saturated heterocycles. The molecular formula is C21H19ClF4N4O5. The number of hydrogen-bond donors (Lipinski definition) is 0. The van der Waals surface area contributed by atoms with E-state index >= 15 is 0 Å². The zero-order valence-corrected chi connectivity index (χ0v) is 19.0. The van der Waals surface area contributed by atoms with E-state index in [0.717, 1.165) is 12.1 Å². The minimum absolute atomic E-state index is 0.0624. The van der Waals surface area contributed by atoms with E-state index in [4.69, 9.17) is 25.5 Å². The van der Waals surface area contributed by atoms with Crippen molar-refractivity contribution in [2.45, 2.75) is 32.4 Å². The minimum atomic E-state index is -5.20. The monoisotopic (exact) mass is 518 g/mol. The molecule has 2 aromatic heterocycles. The number of hydrogen-bond acceptors (Lipinski definition) is 9. The molecule has 0 aliphatic carbocycles. The van der Waals surface area contributed by atoms with Gasteiger partial charge in [-0.2, -0.15) is 23.1 Å². The lowest BCUT2D eigenvalue weighted by atomic mass is 10.2. The van der Waals surface area contributed by atoms with Crippen molar-refractivity contribution in [2.75, 3.05) is 26.3 Å². The third-order valence-electron chi connectivity index (χ3n) is 4.95. The fraction of sp³-hybridized carbons (Fsp3) is 0.429. The van der Waals surface area contributed by atoms with Crippen LogP contribution in [0.25, 0.3) is 22.7 Å². The highest BCUT2D eigenvalue weighted by Gasteiger charge is 2.42. The van der Waals surface area contributed by atoms with E-state index in [9.17, 15) is 22.4 Å². The van der Waals surface area contributed by atoms with Gasteiger partial charge >= 0.3 is 12.1 Å². The molecule has 4 rings (SSSR count). The Morgan fingerprint density at radius 1 is 1.23 bits per heavy atom. The topological polar surface area (TPSA) is 99.8 Å². The van der Waals surface area contributed by atoms with Gasteiger partial charge in [-0.25, -0.2) is 14.2 Å². The molecule has 1 fully saturated rings. The van der Waals surface area contributed by atoms with E-state index in [1.54, 1.807) is 0 Å². The van der Waals surface area contributed by atoms with Gasteiger partial charge in [0.05, 0.1) is 30.3 Å². The van der Waals surface area contributed by atoms with Crippen molar-refractivity contribution < 1.29 is 41.0 Å². The number of aromatic nitrogens is 3. The van der Waals surface area contributed by atoms with Crippen molar-refractivity contribution in [3.8, 4) is 17.3 Å². The first-order chi connectivity index (χ1) is 16.6. The Hall–Kier alpha value is -3.03. The molecule has 0 N–H and O–H groups in total. The van der Waals surface area contributed by atoms with Crippen LogP contribution in [-0.4, -0.2) is 64.6 Å². The largest absolute Gasteiger partial charge is 0.491 e. The molecule has 0 bridgehead atoms. The normalized spacial score (nSPS) is 15.8. The lowest BCUT2D eigenvalue weighted by Gasteiger charge is -2.25. The van der Waals surface area contributed by atoms with Gasteiger partial charge in [0, 0.05) is 19.5 Å². The van der Waals surface area contributed by atoms with E-state index in [1.165, 1.54) is 13.0 Å². The number of alkyl halides is 3. The zero-order valence-electron chi connectivity index (χ0n) is 18.3. The summed E-state index contributed by atoms with van der Waals surface area (Å²) < 4.78 is 72.8. The van der Waals surface area contributed by atoms with E-state index in [1.807, 2.05) is 4.90 Å². The maximum Gasteiger partial charge on any atom is 0.491 e. The fourth-order valence-electron chi connectivity index (χ4n) is 3.23. The Labute approximate surface area is 200 Å². The number of morpholine rings is 1. The standard InChI is InChI=1S/C21H19ClF4N4O5/c1-2-15(34-20(31)21(24,25)26)33-18-16-19(28-14(27-18)10-30-5-7-32-8-6-30)35-17(29-16)12-9-11(23)3-4-13(12)22/h3-4,9,15H,2,5-8,10H2,1H3. The second-order valence-corrected chi connectivity index (χ2v) is 7.90. The number of carbonyl (C=O) groups excluding carboxylic acids is 1. The fourth-order valence-corrected chi connectivity index (χ4v) is 3.43. The van der Waals surface area contributed by atoms with Gasteiger partial charge in [-0.3, -0.25) is 4.90 Å². The Morgan fingerprint density at radius 3 is 2.66 bits per heavy atom. The van der Waals surface area contributed by atoms with Crippen molar-refractivity contribution in [3.63, 3.8) is 0 Å². The van der Waals surface area contributed by atoms with Gasteiger partial charge in [-0.05, 0) is 18.2 Å². The lowest BCUT2D eigenvalue weighted by Crippen LogP contribution is -2.36. The molecule has 0 amide bonds. The van der Waals surface area contributed by atoms with Crippen molar-refractivity contribution in [1.29, 1.82) is 0 Å². The van der Waals surface area contributed by atoms with Gasteiger partial charge in [0.1, 0.15) is 5.82 Å². The summed E-state index contributed by atoms with van der Waals surface area (Å²) in [6, 6.07) is 3.58. The van der Waals surface area contributed by atoms with E-state index in [2.05, 4.69) is 19.7 Å². The Bertz CT molecular complexity index is 1220. The Morgan fingerprint density at radius 2 is 1.97 bits per heavy atom. The average Bonchev–Trinajstić information content (AvgIpc) is 3.24. The third kappa shape index (κ3) is 5.97. The third-order valence-corrected chi connectivity index (χ3v) is 5.28. The number of esters is 1. The molecule has 0 radical (unpaired) electrons. The molecule has 0 spiro atoms. The van der Waals surface area contributed by atoms with Crippen LogP contribution in [0.1, 0.15) is 19.2 Å². The minimum Gasteiger partial charge on any atom is -0.435 e. The summed E-state index contributed by atoms with van der Waals surface area (Å²) in [5.41, 5.74) is -0.000891. The lowest BCUT2D eigenvalue weighted by molar-refractivity contribution is -0.216. The SMILES string of the molecule is CCC(OC(=O)C(F)(F)F)Oc1nc(CN2CCOCC2)nc2oc(-c3cc(F)ccc3Cl)nc12. The maximum absolute atomic E-state index is 13.8. The van der Waals surface area contributed by atoms with Gasteiger partial charge in [0.2, 0.25) is 12.2 Å². The summed E-state index contributed by atoms with van der Waals surface area (Å²) >= 11 is 6.15. The van der Waals surface area contributed by atoms with Gasteiger partial charge in [0.15, 0.2) is 11.3 Å². The molecular weight excluding hydrogens is 500 g/mol. The number of benzene rings is 1. The molecule has 1 unspecified atom stereocenters. The highest BCUT2D eigenvalue weighted by atomic mass is 35.5. The first-order valence-electron chi connectivity index (χ1n) is 10.5. The van der Waals surface area contributed by atoms with Crippen molar-refractivity contribution in [2.24, 2.45) is 0 Å². The predicted molar refractivity (Wildman–Crippen MR) is 113 cm³/mol. The molecule has 14 heteroatoms. The first-order valence-corrected chi connectivity index (χ1v) is 10.9. The molecule has 1 aromatic carbocycles. The Kier molecular flexibility index (Phi) is 7.38. The molecule has 188 valence electrons. The molecule has 1 aliphatic rings. The molecule has 1 atom stereocenters. The summed E-state index contributed by atoms with van der Waals surface area (Å²) in [6.07, 6.45) is -6.93. The number of fused-ring (bicyclic) bond motifs is 1.